The highest BCUT2D eigenvalue weighted by Crippen LogP contribution is 2.40. The van der Waals surface area contributed by atoms with Gasteiger partial charge in [-0.15, -0.1) is 0 Å². The van der Waals surface area contributed by atoms with Crippen LogP contribution in [0, 0.1) is 0 Å². The standard InChI is InChI=1S/C12H19N3O2/c1-13-10-3-4-12(16-7-8-17-12)9-11(10)15-6-2-5-14-15/h2,5-6,10-11,13H,3-4,7-9H2,1H3. The number of hydrogen-bond acceptors (Lipinski definition) is 4. The molecule has 2 heterocycles. The van der Waals surface area contributed by atoms with Gasteiger partial charge in [-0.25, -0.2) is 0 Å². The third kappa shape index (κ3) is 1.99. The van der Waals surface area contributed by atoms with E-state index in [1.807, 2.05) is 30.2 Å². The van der Waals surface area contributed by atoms with E-state index in [1.165, 1.54) is 0 Å². The highest BCUT2D eigenvalue weighted by molar-refractivity contribution is 4.95. The van der Waals surface area contributed by atoms with Gasteiger partial charge in [0.25, 0.3) is 0 Å². The summed E-state index contributed by atoms with van der Waals surface area (Å²) in [5, 5.41) is 7.73. The summed E-state index contributed by atoms with van der Waals surface area (Å²) in [6, 6.07) is 2.71. The molecule has 1 aromatic rings. The maximum absolute atomic E-state index is 5.81. The second kappa shape index (κ2) is 4.40. The van der Waals surface area contributed by atoms with Crippen molar-refractivity contribution in [2.75, 3.05) is 20.3 Å². The minimum atomic E-state index is -0.357. The molecule has 2 fully saturated rings. The number of nitrogens with one attached hydrogen (secondary N) is 1. The molecule has 1 saturated heterocycles. The topological polar surface area (TPSA) is 48.3 Å². The number of ether oxygens (including phenoxy) is 2. The molecular weight excluding hydrogens is 218 g/mol. The molecule has 0 radical (unpaired) electrons. The lowest BCUT2D eigenvalue weighted by atomic mass is 9.85. The summed E-state index contributed by atoms with van der Waals surface area (Å²) in [4.78, 5) is 0. The van der Waals surface area contributed by atoms with Crippen molar-refractivity contribution in [2.45, 2.75) is 37.1 Å². The summed E-state index contributed by atoms with van der Waals surface area (Å²) < 4.78 is 13.6. The minimum absolute atomic E-state index is 0.307. The molecule has 1 aromatic heterocycles. The summed E-state index contributed by atoms with van der Waals surface area (Å²) in [7, 11) is 2.01. The molecule has 94 valence electrons. The monoisotopic (exact) mass is 237 g/mol. The van der Waals surface area contributed by atoms with Crippen LogP contribution in [0.25, 0.3) is 0 Å². The van der Waals surface area contributed by atoms with E-state index >= 15 is 0 Å². The molecule has 3 rings (SSSR count). The predicted molar refractivity (Wildman–Crippen MR) is 62.6 cm³/mol. The van der Waals surface area contributed by atoms with Gasteiger partial charge in [0.2, 0.25) is 0 Å². The van der Waals surface area contributed by atoms with Crippen LogP contribution in [0.15, 0.2) is 18.5 Å². The van der Waals surface area contributed by atoms with E-state index in [2.05, 4.69) is 10.4 Å². The van der Waals surface area contributed by atoms with Gasteiger partial charge < -0.3 is 14.8 Å². The Morgan fingerprint density at radius 2 is 2.24 bits per heavy atom. The Hall–Kier alpha value is -0.910. The van der Waals surface area contributed by atoms with Gasteiger partial charge >= 0.3 is 0 Å². The maximum Gasteiger partial charge on any atom is 0.170 e. The number of nitrogens with zero attached hydrogens (tertiary/aromatic N) is 2. The third-order valence-electron chi connectivity index (χ3n) is 3.87. The SMILES string of the molecule is CNC1CCC2(CC1n1cccn1)OCCO2. The maximum atomic E-state index is 5.81. The molecule has 2 aliphatic rings. The van der Waals surface area contributed by atoms with Gasteiger partial charge in [0.1, 0.15) is 0 Å². The van der Waals surface area contributed by atoms with Crippen molar-refractivity contribution in [1.29, 1.82) is 0 Å². The molecule has 2 atom stereocenters. The van der Waals surface area contributed by atoms with Crippen LogP contribution in [0.2, 0.25) is 0 Å². The van der Waals surface area contributed by atoms with Crippen molar-refractivity contribution in [2.24, 2.45) is 0 Å². The molecule has 5 nitrogen and oxygen atoms in total. The van der Waals surface area contributed by atoms with E-state index < -0.39 is 0 Å². The van der Waals surface area contributed by atoms with Crippen LogP contribution in [0.4, 0.5) is 0 Å². The van der Waals surface area contributed by atoms with E-state index in [-0.39, 0.29) is 5.79 Å². The lowest BCUT2D eigenvalue weighted by Gasteiger charge is -2.40. The Labute approximate surface area is 101 Å². The zero-order chi connectivity index (χ0) is 11.7. The molecule has 0 bridgehead atoms. The highest BCUT2D eigenvalue weighted by atomic mass is 16.7. The number of aromatic nitrogens is 2. The van der Waals surface area contributed by atoms with Gasteiger partial charge in [0.15, 0.2) is 5.79 Å². The molecule has 1 N–H and O–H groups in total. The fourth-order valence-electron chi connectivity index (χ4n) is 2.98. The Morgan fingerprint density at radius 3 is 2.88 bits per heavy atom. The molecule has 1 spiro atoms. The number of hydrogen-bond donors (Lipinski definition) is 1. The van der Waals surface area contributed by atoms with E-state index in [9.17, 15) is 0 Å². The second-order valence-corrected chi connectivity index (χ2v) is 4.80. The minimum Gasteiger partial charge on any atom is -0.347 e. The van der Waals surface area contributed by atoms with E-state index in [0.29, 0.717) is 12.1 Å². The first kappa shape index (κ1) is 11.2. The number of likely N-dealkylation sites (N-methyl/N-ethyl adjacent to an activating group) is 1. The molecule has 5 heteroatoms. The lowest BCUT2D eigenvalue weighted by molar-refractivity contribution is -0.189. The van der Waals surface area contributed by atoms with E-state index in [4.69, 9.17) is 9.47 Å². The largest absolute Gasteiger partial charge is 0.347 e. The van der Waals surface area contributed by atoms with E-state index in [0.717, 1.165) is 32.5 Å². The van der Waals surface area contributed by atoms with E-state index in [1.54, 1.807) is 0 Å². The second-order valence-electron chi connectivity index (χ2n) is 4.80. The van der Waals surface area contributed by atoms with Crippen LogP contribution in [0.5, 0.6) is 0 Å². The zero-order valence-electron chi connectivity index (χ0n) is 10.1. The van der Waals surface area contributed by atoms with Gasteiger partial charge in [0, 0.05) is 31.3 Å². The zero-order valence-corrected chi connectivity index (χ0v) is 10.1. The van der Waals surface area contributed by atoms with Gasteiger partial charge in [-0.3, -0.25) is 4.68 Å². The van der Waals surface area contributed by atoms with Crippen molar-refractivity contribution in [3.63, 3.8) is 0 Å². The molecule has 1 aliphatic heterocycles. The van der Waals surface area contributed by atoms with Gasteiger partial charge in [-0.1, -0.05) is 0 Å². The fraction of sp³-hybridized carbons (Fsp3) is 0.750. The average molecular weight is 237 g/mol. The highest BCUT2D eigenvalue weighted by Gasteiger charge is 2.45. The molecule has 2 unspecified atom stereocenters. The van der Waals surface area contributed by atoms with Crippen LogP contribution in [-0.4, -0.2) is 41.9 Å². The fourth-order valence-corrected chi connectivity index (χ4v) is 2.98. The summed E-state index contributed by atoms with van der Waals surface area (Å²) in [6.07, 6.45) is 6.74. The number of rotatable bonds is 2. The first-order valence-corrected chi connectivity index (χ1v) is 6.27. The first-order chi connectivity index (χ1) is 8.33. The Bertz CT molecular complexity index is 360. The molecule has 1 aliphatic carbocycles. The van der Waals surface area contributed by atoms with Crippen LogP contribution < -0.4 is 5.32 Å². The Balaban J connectivity index is 1.82. The summed E-state index contributed by atoms with van der Waals surface area (Å²) >= 11 is 0. The third-order valence-corrected chi connectivity index (χ3v) is 3.87. The van der Waals surface area contributed by atoms with Gasteiger partial charge in [-0.2, -0.15) is 5.10 Å². The van der Waals surface area contributed by atoms with Crippen molar-refractivity contribution in [3.8, 4) is 0 Å². The van der Waals surface area contributed by atoms with Crippen LogP contribution >= 0.6 is 0 Å². The normalized spacial score (nSPS) is 32.1. The van der Waals surface area contributed by atoms with Gasteiger partial charge in [0.05, 0.1) is 19.3 Å². The first-order valence-electron chi connectivity index (χ1n) is 6.27. The molecule has 0 aromatic carbocycles. The van der Waals surface area contributed by atoms with Crippen molar-refractivity contribution in [1.82, 2.24) is 15.1 Å². The van der Waals surface area contributed by atoms with Crippen LogP contribution in [-0.2, 0) is 9.47 Å². The molecular formula is C12H19N3O2. The summed E-state index contributed by atoms with van der Waals surface area (Å²) in [5.74, 6) is -0.357. The molecule has 0 amide bonds. The van der Waals surface area contributed by atoms with Crippen molar-refractivity contribution >= 4 is 0 Å². The Kier molecular flexibility index (Phi) is 2.90. The predicted octanol–water partition coefficient (Wildman–Crippen LogP) is 0.939. The summed E-state index contributed by atoms with van der Waals surface area (Å²) in [6.45, 7) is 1.44. The smallest absolute Gasteiger partial charge is 0.170 e. The van der Waals surface area contributed by atoms with Gasteiger partial charge in [-0.05, 0) is 19.5 Å². The molecule has 17 heavy (non-hydrogen) atoms. The molecule has 1 saturated carbocycles. The average Bonchev–Trinajstić information content (AvgIpc) is 3.00. The Morgan fingerprint density at radius 1 is 1.41 bits per heavy atom. The van der Waals surface area contributed by atoms with Crippen LogP contribution in [0.3, 0.4) is 0 Å². The lowest BCUT2D eigenvalue weighted by Crippen LogP contribution is -2.47. The summed E-state index contributed by atoms with van der Waals surface area (Å²) in [5.41, 5.74) is 0. The quantitative estimate of drug-likeness (QED) is 0.831. The van der Waals surface area contributed by atoms with Crippen molar-refractivity contribution < 1.29 is 9.47 Å². The van der Waals surface area contributed by atoms with Crippen molar-refractivity contribution in [3.05, 3.63) is 18.5 Å². The van der Waals surface area contributed by atoms with Crippen LogP contribution in [0.1, 0.15) is 25.3 Å².